The zero-order chi connectivity index (χ0) is 17.2. The lowest BCUT2D eigenvalue weighted by Crippen LogP contribution is -2.47. The van der Waals surface area contributed by atoms with E-state index in [9.17, 15) is 5.21 Å². The van der Waals surface area contributed by atoms with E-state index in [0.717, 1.165) is 10.3 Å². The lowest BCUT2D eigenvalue weighted by atomic mass is 10.1. The van der Waals surface area contributed by atoms with Gasteiger partial charge in [0.15, 0.2) is 30.9 Å². The van der Waals surface area contributed by atoms with Crippen molar-refractivity contribution >= 4 is 6.21 Å². The molecule has 1 aromatic carbocycles. The minimum atomic E-state index is -0.685. The molecule has 0 radical (unpaired) electrons. The Bertz CT molecular complexity index is 602. The molecule has 3 rings (SSSR count). The van der Waals surface area contributed by atoms with E-state index in [4.69, 9.17) is 14.2 Å². The van der Waals surface area contributed by atoms with E-state index in [1.54, 1.807) is 12.3 Å². The van der Waals surface area contributed by atoms with Gasteiger partial charge in [0.1, 0.15) is 6.10 Å². The van der Waals surface area contributed by atoms with Crippen molar-refractivity contribution in [2.75, 3.05) is 6.54 Å². The Hall–Kier alpha value is -1.73. The molecule has 2 fully saturated rings. The number of benzene rings is 1. The summed E-state index contributed by atoms with van der Waals surface area (Å²) >= 11 is 0. The number of hydroxylamine groups is 1. The normalized spacial score (nSPS) is 31.8. The average Bonchev–Trinajstić information content (AvgIpc) is 2.97. The molecule has 0 amide bonds. The molecular formula is C18H24N2O4. The van der Waals surface area contributed by atoms with E-state index in [-0.39, 0.29) is 18.7 Å². The van der Waals surface area contributed by atoms with E-state index in [2.05, 4.69) is 11.9 Å². The van der Waals surface area contributed by atoms with Gasteiger partial charge in [0.05, 0.1) is 6.04 Å². The van der Waals surface area contributed by atoms with Crippen molar-refractivity contribution in [3.63, 3.8) is 0 Å². The van der Waals surface area contributed by atoms with Crippen molar-refractivity contribution in [2.45, 2.75) is 50.7 Å². The smallest absolute Gasteiger partial charge is 0.189 e. The summed E-state index contributed by atoms with van der Waals surface area (Å²) in [6, 6.07) is 9.43. The largest absolute Gasteiger partial charge is 0.624 e. The van der Waals surface area contributed by atoms with Gasteiger partial charge >= 0.3 is 0 Å². The SMILES string of the molecule is C=CCN[C@H]1[C@H]2OC(C)(C)O[C@H]2O[C@@H]1/C=[N+](\[O-])Cc1ccccc1. The zero-order valence-corrected chi connectivity index (χ0v) is 14.1. The molecule has 130 valence electrons. The number of nitrogens with one attached hydrogen (secondary N) is 1. The Morgan fingerprint density at radius 2 is 2.04 bits per heavy atom. The maximum atomic E-state index is 12.3. The summed E-state index contributed by atoms with van der Waals surface area (Å²) in [5.41, 5.74) is 0.950. The molecule has 2 heterocycles. The fourth-order valence-electron chi connectivity index (χ4n) is 3.09. The van der Waals surface area contributed by atoms with E-state index >= 15 is 0 Å². The van der Waals surface area contributed by atoms with E-state index in [0.29, 0.717) is 6.54 Å². The quantitative estimate of drug-likeness (QED) is 0.283. The van der Waals surface area contributed by atoms with Gasteiger partial charge in [0, 0.05) is 12.1 Å². The van der Waals surface area contributed by atoms with Crippen LogP contribution in [-0.2, 0) is 20.8 Å². The lowest BCUT2D eigenvalue weighted by Gasteiger charge is -2.24. The van der Waals surface area contributed by atoms with Crippen LogP contribution in [0.3, 0.4) is 0 Å². The third-order valence-electron chi connectivity index (χ3n) is 4.08. The van der Waals surface area contributed by atoms with Gasteiger partial charge in [-0.25, -0.2) is 4.74 Å². The highest BCUT2D eigenvalue weighted by atomic mass is 16.8. The number of hydrogen-bond acceptors (Lipinski definition) is 5. The molecule has 6 heteroatoms. The summed E-state index contributed by atoms with van der Waals surface area (Å²) in [7, 11) is 0. The molecule has 0 unspecified atom stereocenters. The molecule has 0 saturated carbocycles. The summed E-state index contributed by atoms with van der Waals surface area (Å²) < 4.78 is 18.5. The first-order valence-corrected chi connectivity index (χ1v) is 8.16. The van der Waals surface area contributed by atoms with Crippen LogP contribution in [-0.4, -0.2) is 47.8 Å². The minimum Gasteiger partial charge on any atom is -0.624 e. The Morgan fingerprint density at radius 3 is 2.75 bits per heavy atom. The van der Waals surface area contributed by atoms with Crippen molar-refractivity contribution in [3.05, 3.63) is 53.8 Å². The van der Waals surface area contributed by atoms with Crippen LogP contribution in [0, 0.1) is 5.21 Å². The van der Waals surface area contributed by atoms with Crippen LogP contribution >= 0.6 is 0 Å². The molecular weight excluding hydrogens is 308 g/mol. The van der Waals surface area contributed by atoms with Gasteiger partial charge in [-0.2, -0.15) is 0 Å². The molecule has 2 saturated heterocycles. The Balaban J connectivity index is 1.71. The predicted molar refractivity (Wildman–Crippen MR) is 90.5 cm³/mol. The summed E-state index contributed by atoms with van der Waals surface area (Å²) in [5, 5.41) is 15.6. The minimum absolute atomic E-state index is 0.165. The summed E-state index contributed by atoms with van der Waals surface area (Å²) in [6.07, 6.45) is 2.16. The first-order chi connectivity index (χ1) is 11.5. The number of nitrogens with zero attached hydrogens (tertiary/aromatic N) is 1. The van der Waals surface area contributed by atoms with Crippen molar-refractivity contribution in [3.8, 4) is 0 Å². The molecule has 24 heavy (non-hydrogen) atoms. The lowest BCUT2D eigenvalue weighted by molar-refractivity contribution is -0.473. The maximum absolute atomic E-state index is 12.3. The van der Waals surface area contributed by atoms with Gasteiger partial charge in [-0.15, -0.1) is 6.58 Å². The van der Waals surface area contributed by atoms with Gasteiger partial charge in [0.2, 0.25) is 0 Å². The highest BCUT2D eigenvalue weighted by molar-refractivity contribution is 5.60. The van der Waals surface area contributed by atoms with Gasteiger partial charge in [-0.1, -0.05) is 36.4 Å². The molecule has 1 N–H and O–H groups in total. The zero-order valence-electron chi connectivity index (χ0n) is 14.1. The van der Waals surface area contributed by atoms with Gasteiger partial charge in [-0.05, 0) is 13.8 Å². The first kappa shape index (κ1) is 17.1. The first-order valence-electron chi connectivity index (χ1n) is 8.16. The fraction of sp³-hybridized carbons (Fsp3) is 0.500. The van der Waals surface area contributed by atoms with Crippen LogP contribution in [0.15, 0.2) is 43.0 Å². The monoisotopic (exact) mass is 332 g/mol. The fourth-order valence-corrected chi connectivity index (χ4v) is 3.09. The maximum Gasteiger partial charge on any atom is 0.189 e. The van der Waals surface area contributed by atoms with Crippen molar-refractivity contribution in [1.29, 1.82) is 0 Å². The Morgan fingerprint density at radius 1 is 1.29 bits per heavy atom. The van der Waals surface area contributed by atoms with Crippen LogP contribution in [0.1, 0.15) is 19.4 Å². The number of fused-ring (bicyclic) bond motifs is 1. The molecule has 0 aromatic heterocycles. The third-order valence-corrected chi connectivity index (χ3v) is 4.08. The molecule has 0 aliphatic carbocycles. The second-order valence-electron chi connectivity index (χ2n) is 6.50. The Labute approximate surface area is 142 Å². The van der Waals surface area contributed by atoms with Gasteiger partial charge in [-0.3, -0.25) is 0 Å². The Kier molecular flexibility index (Phi) is 5.01. The van der Waals surface area contributed by atoms with Crippen molar-refractivity contribution < 1.29 is 18.9 Å². The van der Waals surface area contributed by atoms with Crippen molar-refractivity contribution in [1.82, 2.24) is 5.32 Å². The molecule has 0 bridgehead atoms. The highest BCUT2D eigenvalue weighted by Gasteiger charge is 2.55. The molecule has 0 spiro atoms. The third kappa shape index (κ3) is 3.84. The van der Waals surface area contributed by atoms with E-state index in [1.807, 2.05) is 44.2 Å². The topological polar surface area (TPSA) is 65.8 Å². The van der Waals surface area contributed by atoms with Crippen LogP contribution in [0.2, 0.25) is 0 Å². The summed E-state index contributed by atoms with van der Waals surface area (Å²) in [6.45, 7) is 8.30. The molecule has 6 nitrogen and oxygen atoms in total. The van der Waals surface area contributed by atoms with E-state index < -0.39 is 18.2 Å². The predicted octanol–water partition coefficient (Wildman–Crippen LogP) is 1.79. The molecule has 4 atom stereocenters. The van der Waals surface area contributed by atoms with Gasteiger partial charge in [0.25, 0.3) is 0 Å². The highest BCUT2D eigenvalue weighted by Crippen LogP contribution is 2.36. The van der Waals surface area contributed by atoms with Crippen LogP contribution in [0.25, 0.3) is 0 Å². The summed E-state index contributed by atoms with van der Waals surface area (Å²) in [5.74, 6) is -0.685. The molecule has 2 aliphatic rings. The van der Waals surface area contributed by atoms with E-state index in [1.165, 1.54) is 0 Å². The summed E-state index contributed by atoms with van der Waals surface area (Å²) in [4.78, 5) is 0. The standard InChI is InChI=1S/C18H24N2O4/c1-4-10-19-15-14(22-17-16(15)23-18(2,3)24-17)12-20(21)11-13-8-6-5-7-9-13/h4-9,12,14-17,19H,1,10-11H2,2-3H3/b20-12-/t14-,15-,16-,17-/m1/s1. The van der Waals surface area contributed by atoms with Crippen molar-refractivity contribution in [2.24, 2.45) is 0 Å². The van der Waals surface area contributed by atoms with Crippen LogP contribution in [0.4, 0.5) is 0 Å². The van der Waals surface area contributed by atoms with Crippen LogP contribution < -0.4 is 5.32 Å². The number of rotatable bonds is 6. The number of ether oxygens (including phenoxy) is 3. The van der Waals surface area contributed by atoms with Gasteiger partial charge < -0.3 is 24.7 Å². The van der Waals surface area contributed by atoms with Crippen LogP contribution in [0.5, 0.6) is 0 Å². The molecule has 1 aromatic rings. The average molecular weight is 332 g/mol. The molecule has 2 aliphatic heterocycles. The number of hydrogen-bond donors (Lipinski definition) is 1. The second kappa shape index (κ2) is 7.03. The second-order valence-corrected chi connectivity index (χ2v) is 6.50.